The number of rotatable bonds is 3. The molecule has 3 heterocycles. The summed E-state index contributed by atoms with van der Waals surface area (Å²) >= 11 is 6.00. The van der Waals surface area contributed by atoms with Crippen LogP contribution in [0, 0.1) is 0 Å². The van der Waals surface area contributed by atoms with Crippen LogP contribution >= 0.6 is 11.6 Å². The molecule has 0 aliphatic heterocycles. The molecule has 8 nitrogen and oxygen atoms in total. The maximum Gasteiger partial charge on any atom is 0.195 e. The fraction of sp³-hybridized carbons (Fsp3) is 0. The van der Waals surface area contributed by atoms with Gasteiger partial charge in [0, 0.05) is 10.7 Å². The van der Waals surface area contributed by atoms with Crippen LogP contribution in [0.1, 0.15) is 0 Å². The van der Waals surface area contributed by atoms with Crippen LogP contribution < -0.4 is 5.32 Å². The van der Waals surface area contributed by atoms with E-state index in [1.54, 1.807) is 0 Å². The van der Waals surface area contributed by atoms with E-state index < -0.39 is 0 Å². The van der Waals surface area contributed by atoms with Gasteiger partial charge in [-0.1, -0.05) is 17.7 Å². The molecule has 9 heteroatoms. The molecule has 0 bridgehead atoms. The van der Waals surface area contributed by atoms with Gasteiger partial charge in [0.15, 0.2) is 5.82 Å². The first-order chi connectivity index (χ1) is 10.8. The van der Waals surface area contributed by atoms with Crippen molar-refractivity contribution in [1.29, 1.82) is 0 Å². The van der Waals surface area contributed by atoms with Crippen molar-refractivity contribution in [1.82, 2.24) is 35.6 Å². The van der Waals surface area contributed by atoms with Gasteiger partial charge >= 0.3 is 0 Å². The second-order valence-electron chi connectivity index (χ2n) is 4.55. The number of tetrazole rings is 1. The van der Waals surface area contributed by atoms with Crippen LogP contribution in [0.25, 0.3) is 22.6 Å². The Balaban J connectivity index is 1.78. The maximum atomic E-state index is 6.00. The van der Waals surface area contributed by atoms with Crippen molar-refractivity contribution in [2.45, 2.75) is 0 Å². The Hall–Kier alpha value is -3.00. The van der Waals surface area contributed by atoms with Crippen LogP contribution in [0.2, 0.25) is 5.02 Å². The number of fused-ring (bicyclic) bond motifs is 1. The number of nitrogens with one attached hydrogen (secondary N) is 3. The number of hydrogen-bond acceptors (Lipinski definition) is 6. The van der Waals surface area contributed by atoms with Gasteiger partial charge in [-0.25, -0.2) is 15.1 Å². The Morgan fingerprint density at radius 1 is 1.14 bits per heavy atom. The molecule has 108 valence electrons. The maximum absolute atomic E-state index is 6.00. The molecule has 1 aromatic carbocycles. The Labute approximate surface area is 129 Å². The molecular formula is C13H9ClN8. The summed E-state index contributed by atoms with van der Waals surface area (Å²) < 4.78 is 0. The highest BCUT2D eigenvalue weighted by Crippen LogP contribution is 2.27. The van der Waals surface area contributed by atoms with Crippen LogP contribution in [0.15, 0.2) is 36.7 Å². The van der Waals surface area contributed by atoms with Crippen molar-refractivity contribution in [3.63, 3.8) is 0 Å². The Morgan fingerprint density at radius 2 is 2.09 bits per heavy atom. The summed E-state index contributed by atoms with van der Waals surface area (Å²) in [5, 5.41) is 18.4. The van der Waals surface area contributed by atoms with E-state index in [1.165, 1.54) is 6.33 Å². The van der Waals surface area contributed by atoms with Crippen LogP contribution in [0.5, 0.6) is 0 Å². The van der Waals surface area contributed by atoms with E-state index in [4.69, 9.17) is 11.6 Å². The number of benzene rings is 1. The highest BCUT2D eigenvalue weighted by Gasteiger charge is 2.11. The second kappa shape index (κ2) is 5.08. The van der Waals surface area contributed by atoms with E-state index in [1.807, 2.05) is 30.3 Å². The smallest absolute Gasteiger partial charge is 0.195 e. The number of halogens is 1. The van der Waals surface area contributed by atoms with Gasteiger partial charge in [-0.3, -0.25) is 0 Å². The topological polar surface area (TPSA) is 108 Å². The highest BCUT2D eigenvalue weighted by molar-refractivity contribution is 6.30. The van der Waals surface area contributed by atoms with E-state index in [0.717, 1.165) is 16.8 Å². The molecule has 0 unspecified atom stereocenters. The van der Waals surface area contributed by atoms with Crippen molar-refractivity contribution in [3.05, 3.63) is 41.7 Å². The molecule has 0 atom stereocenters. The van der Waals surface area contributed by atoms with Gasteiger partial charge in [0.1, 0.15) is 17.8 Å². The molecule has 4 rings (SSSR count). The first-order valence-corrected chi connectivity index (χ1v) is 6.78. The monoisotopic (exact) mass is 312 g/mol. The third-order valence-corrected chi connectivity index (χ3v) is 3.35. The molecule has 0 aliphatic rings. The first kappa shape index (κ1) is 12.7. The molecule has 0 radical (unpaired) electrons. The summed E-state index contributed by atoms with van der Waals surface area (Å²) in [6.07, 6.45) is 1.48. The van der Waals surface area contributed by atoms with Crippen LogP contribution in [-0.4, -0.2) is 35.6 Å². The van der Waals surface area contributed by atoms with Crippen molar-refractivity contribution in [2.75, 3.05) is 5.32 Å². The third kappa shape index (κ3) is 2.25. The van der Waals surface area contributed by atoms with Gasteiger partial charge in [-0.2, -0.15) is 0 Å². The summed E-state index contributed by atoms with van der Waals surface area (Å²) in [6.45, 7) is 0. The van der Waals surface area contributed by atoms with Crippen LogP contribution in [0.3, 0.4) is 0 Å². The number of nitrogens with zero attached hydrogens (tertiary/aromatic N) is 5. The SMILES string of the molecule is Clc1cccc(Nc2ncnc3[nH]c(-c4nnn[nH]4)cc23)c1. The number of anilines is 2. The predicted molar refractivity (Wildman–Crippen MR) is 81.8 cm³/mol. The Morgan fingerprint density at radius 3 is 2.91 bits per heavy atom. The minimum atomic E-state index is 0.534. The minimum Gasteiger partial charge on any atom is -0.340 e. The van der Waals surface area contributed by atoms with Crippen molar-refractivity contribution >= 4 is 34.1 Å². The largest absolute Gasteiger partial charge is 0.340 e. The summed E-state index contributed by atoms with van der Waals surface area (Å²) in [4.78, 5) is 11.6. The summed E-state index contributed by atoms with van der Waals surface area (Å²) in [7, 11) is 0. The molecule has 0 spiro atoms. The lowest BCUT2D eigenvalue weighted by Gasteiger charge is -2.06. The lowest BCUT2D eigenvalue weighted by Crippen LogP contribution is -1.94. The molecule has 0 aliphatic carbocycles. The molecule has 0 amide bonds. The van der Waals surface area contributed by atoms with E-state index in [2.05, 4.69) is 40.9 Å². The average molecular weight is 313 g/mol. The number of H-pyrrole nitrogens is 2. The van der Waals surface area contributed by atoms with Crippen LogP contribution in [-0.2, 0) is 0 Å². The third-order valence-electron chi connectivity index (χ3n) is 3.11. The number of aromatic amines is 2. The van der Waals surface area contributed by atoms with Crippen molar-refractivity contribution < 1.29 is 0 Å². The Bertz CT molecular complexity index is 930. The summed E-state index contributed by atoms with van der Waals surface area (Å²) in [5.74, 6) is 1.20. The molecule has 0 fully saturated rings. The molecular weight excluding hydrogens is 304 g/mol. The van der Waals surface area contributed by atoms with Crippen molar-refractivity contribution in [2.24, 2.45) is 0 Å². The van der Waals surface area contributed by atoms with Gasteiger partial charge in [0.2, 0.25) is 0 Å². The fourth-order valence-corrected chi connectivity index (χ4v) is 2.33. The quantitative estimate of drug-likeness (QED) is 0.536. The Kier molecular flexibility index (Phi) is 2.94. The fourth-order valence-electron chi connectivity index (χ4n) is 2.14. The van der Waals surface area contributed by atoms with E-state index >= 15 is 0 Å². The minimum absolute atomic E-state index is 0.534. The lowest BCUT2D eigenvalue weighted by molar-refractivity contribution is 0.881. The van der Waals surface area contributed by atoms with E-state index in [9.17, 15) is 0 Å². The van der Waals surface area contributed by atoms with E-state index in [-0.39, 0.29) is 0 Å². The number of aromatic nitrogens is 7. The zero-order valence-corrected chi connectivity index (χ0v) is 11.8. The predicted octanol–water partition coefficient (Wildman–Crippen LogP) is 2.53. The second-order valence-corrected chi connectivity index (χ2v) is 4.99. The molecule has 0 saturated carbocycles. The average Bonchev–Trinajstić information content (AvgIpc) is 3.17. The van der Waals surface area contributed by atoms with Gasteiger partial charge in [-0.15, -0.1) is 5.10 Å². The van der Waals surface area contributed by atoms with Gasteiger partial charge in [0.05, 0.1) is 11.1 Å². The summed E-state index contributed by atoms with van der Waals surface area (Å²) in [6, 6.07) is 9.29. The molecule has 22 heavy (non-hydrogen) atoms. The van der Waals surface area contributed by atoms with Gasteiger partial charge in [0.25, 0.3) is 0 Å². The molecule has 0 saturated heterocycles. The standard InChI is InChI=1S/C13H9ClN8/c14-7-2-1-3-8(4-7)17-11-9-5-10(13-19-21-22-20-13)18-12(9)16-6-15-11/h1-6H,(H2,15,16,17,18)(H,19,20,21,22). The lowest BCUT2D eigenvalue weighted by atomic mass is 10.3. The number of hydrogen-bond donors (Lipinski definition) is 3. The van der Waals surface area contributed by atoms with Gasteiger partial charge < -0.3 is 10.3 Å². The van der Waals surface area contributed by atoms with Crippen molar-refractivity contribution in [3.8, 4) is 11.5 Å². The zero-order chi connectivity index (χ0) is 14.9. The zero-order valence-electron chi connectivity index (χ0n) is 11.1. The van der Waals surface area contributed by atoms with E-state index in [0.29, 0.717) is 22.3 Å². The van der Waals surface area contributed by atoms with Crippen LogP contribution in [0.4, 0.5) is 11.5 Å². The molecule has 4 aromatic rings. The molecule has 3 N–H and O–H groups in total. The molecule has 3 aromatic heterocycles. The van der Waals surface area contributed by atoms with Gasteiger partial charge in [-0.05, 0) is 34.7 Å². The summed E-state index contributed by atoms with van der Waals surface area (Å²) in [5.41, 5.74) is 2.26. The highest BCUT2D eigenvalue weighted by atomic mass is 35.5. The normalized spacial score (nSPS) is 11.0. The first-order valence-electron chi connectivity index (χ1n) is 6.40.